The van der Waals surface area contributed by atoms with Gasteiger partial charge in [0.15, 0.2) is 5.01 Å². The lowest BCUT2D eigenvalue weighted by atomic mass is 9.96. The van der Waals surface area contributed by atoms with Crippen molar-refractivity contribution >= 4 is 28.3 Å². The van der Waals surface area contributed by atoms with Crippen LogP contribution in [-0.4, -0.2) is 36.0 Å². The van der Waals surface area contributed by atoms with Gasteiger partial charge in [-0.2, -0.15) is 5.10 Å². The number of amides is 1. The molecule has 5 aromatic rings. The maximum atomic E-state index is 12.6. The number of aryl methyl sites for hydroxylation is 1. The number of aromatic amines is 2. The summed E-state index contributed by atoms with van der Waals surface area (Å²) in [7, 11) is 0. The van der Waals surface area contributed by atoms with Crippen molar-refractivity contribution in [2.24, 2.45) is 0 Å². The predicted molar refractivity (Wildman–Crippen MR) is 134 cm³/mol. The zero-order valence-electron chi connectivity index (χ0n) is 19.4. The lowest BCUT2D eigenvalue weighted by Crippen LogP contribution is -2.23. The minimum atomic E-state index is -0.153. The second-order valence-corrected chi connectivity index (χ2v) is 10.3. The minimum absolute atomic E-state index is 0.0204. The van der Waals surface area contributed by atoms with E-state index in [2.05, 4.69) is 62.3 Å². The second-order valence-electron chi connectivity index (χ2n) is 9.26. The van der Waals surface area contributed by atoms with Crippen LogP contribution in [0.4, 0.5) is 0 Å². The fourth-order valence-corrected chi connectivity index (χ4v) is 4.62. The first kappa shape index (κ1) is 22.0. The molecule has 34 heavy (non-hydrogen) atoms. The van der Waals surface area contributed by atoms with Crippen LogP contribution in [0.1, 0.15) is 46.6 Å². The van der Waals surface area contributed by atoms with Crippen LogP contribution in [0.25, 0.3) is 33.5 Å². The quantitative estimate of drug-likeness (QED) is 0.334. The summed E-state index contributed by atoms with van der Waals surface area (Å²) < 4.78 is 0. The van der Waals surface area contributed by atoms with Gasteiger partial charge in [0.25, 0.3) is 5.91 Å². The molecule has 0 bridgehead atoms. The van der Waals surface area contributed by atoms with Gasteiger partial charge in [0.1, 0.15) is 6.33 Å². The SMILES string of the molecule is Cc1cc(-c2ncnc3cc(-c4cn[nH]c4)[nH]c23)ccc1CNC(=O)c1ncc(C(C)(C)C)s1. The maximum absolute atomic E-state index is 12.6. The molecule has 4 aromatic heterocycles. The third-order valence-corrected chi connectivity index (χ3v) is 7.14. The highest BCUT2D eigenvalue weighted by Crippen LogP contribution is 2.30. The molecule has 0 aliphatic heterocycles. The van der Waals surface area contributed by atoms with Gasteiger partial charge in [0, 0.05) is 34.9 Å². The van der Waals surface area contributed by atoms with Gasteiger partial charge in [-0.15, -0.1) is 11.3 Å². The zero-order valence-corrected chi connectivity index (χ0v) is 20.2. The van der Waals surface area contributed by atoms with Crippen molar-refractivity contribution in [3.05, 3.63) is 70.2 Å². The van der Waals surface area contributed by atoms with E-state index >= 15 is 0 Å². The number of carbonyl (C=O) groups excluding carboxylic acids is 1. The van der Waals surface area contributed by atoms with Crippen LogP contribution in [0.2, 0.25) is 0 Å². The van der Waals surface area contributed by atoms with E-state index in [1.165, 1.54) is 11.3 Å². The molecule has 0 saturated heterocycles. The average Bonchev–Trinajstić information content (AvgIpc) is 3.57. The van der Waals surface area contributed by atoms with Crippen LogP contribution < -0.4 is 5.32 Å². The van der Waals surface area contributed by atoms with Gasteiger partial charge in [-0.05, 0) is 35.6 Å². The number of nitrogens with zero attached hydrogens (tertiary/aromatic N) is 4. The molecule has 3 N–H and O–H groups in total. The van der Waals surface area contributed by atoms with Crippen molar-refractivity contribution in [1.82, 2.24) is 35.5 Å². The van der Waals surface area contributed by atoms with E-state index in [0.717, 1.165) is 49.6 Å². The van der Waals surface area contributed by atoms with Crippen LogP contribution in [0.15, 0.2) is 49.2 Å². The lowest BCUT2D eigenvalue weighted by Gasteiger charge is -2.14. The molecule has 0 unspecified atom stereocenters. The number of carbonyl (C=O) groups is 1. The molecule has 0 aliphatic rings. The number of hydrogen-bond acceptors (Lipinski definition) is 6. The number of hydrogen-bond donors (Lipinski definition) is 3. The summed E-state index contributed by atoms with van der Waals surface area (Å²) in [6, 6.07) is 8.13. The van der Waals surface area contributed by atoms with Gasteiger partial charge in [0.05, 0.1) is 28.6 Å². The molecule has 9 heteroatoms. The van der Waals surface area contributed by atoms with Crippen molar-refractivity contribution in [3.8, 4) is 22.5 Å². The summed E-state index contributed by atoms with van der Waals surface area (Å²) in [5, 5.41) is 10.3. The molecule has 172 valence electrons. The first-order valence-corrected chi connectivity index (χ1v) is 11.8. The van der Waals surface area contributed by atoms with E-state index in [4.69, 9.17) is 0 Å². The molecular formula is C25H25N7OS. The monoisotopic (exact) mass is 471 g/mol. The number of benzene rings is 1. The first-order valence-electron chi connectivity index (χ1n) is 11.0. The maximum Gasteiger partial charge on any atom is 0.280 e. The molecule has 0 spiro atoms. The number of fused-ring (bicyclic) bond motifs is 1. The lowest BCUT2D eigenvalue weighted by molar-refractivity contribution is 0.0950. The highest BCUT2D eigenvalue weighted by Gasteiger charge is 2.20. The Balaban J connectivity index is 1.35. The molecule has 0 aliphatic carbocycles. The van der Waals surface area contributed by atoms with Crippen molar-refractivity contribution in [3.63, 3.8) is 0 Å². The van der Waals surface area contributed by atoms with Gasteiger partial charge < -0.3 is 10.3 Å². The molecule has 4 heterocycles. The van der Waals surface area contributed by atoms with E-state index in [0.29, 0.717) is 11.6 Å². The fourth-order valence-electron chi connectivity index (χ4n) is 3.73. The third-order valence-electron chi connectivity index (χ3n) is 5.72. The van der Waals surface area contributed by atoms with Crippen LogP contribution >= 0.6 is 11.3 Å². The van der Waals surface area contributed by atoms with E-state index in [1.807, 2.05) is 31.3 Å². The van der Waals surface area contributed by atoms with Gasteiger partial charge in [-0.3, -0.25) is 9.89 Å². The Kier molecular flexibility index (Phi) is 5.49. The summed E-state index contributed by atoms with van der Waals surface area (Å²) in [4.78, 5) is 30.4. The number of rotatable bonds is 5. The topological polar surface area (TPSA) is 112 Å². The van der Waals surface area contributed by atoms with Crippen LogP contribution in [0, 0.1) is 6.92 Å². The normalized spacial score (nSPS) is 11.8. The number of thiazole rings is 1. The van der Waals surface area contributed by atoms with Crippen LogP contribution in [0.5, 0.6) is 0 Å². The number of nitrogens with one attached hydrogen (secondary N) is 3. The Bertz CT molecular complexity index is 1470. The number of H-pyrrole nitrogens is 2. The average molecular weight is 472 g/mol. The summed E-state index contributed by atoms with van der Waals surface area (Å²) in [6.07, 6.45) is 6.97. The summed E-state index contributed by atoms with van der Waals surface area (Å²) in [5.74, 6) is -0.153. The first-order chi connectivity index (χ1) is 16.3. The van der Waals surface area contributed by atoms with Gasteiger partial charge in [0.2, 0.25) is 0 Å². The Morgan fingerprint density at radius 2 is 1.94 bits per heavy atom. The Labute approximate surface area is 200 Å². The minimum Gasteiger partial charge on any atom is -0.351 e. The van der Waals surface area contributed by atoms with Crippen molar-refractivity contribution < 1.29 is 4.79 Å². The summed E-state index contributed by atoms with van der Waals surface area (Å²) in [5.41, 5.74) is 7.51. The molecule has 0 saturated carbocycles. The van der Waals surface area contributed by atoms with Crippen LogP contribution in [0.3, 0.4) is 0 Å². The summed E-state index contributed by atoms with van der Waals surface area (Å²) >= 11 is 1.44. The van der Waals surface area contributed by atoms with E-state index in [9.17, 15) is 4.79 Å². The predicted octanol–water partition coefficient (Wildman–Crippen LogP) is 5.01. The van der Waals surface area contributed by atoms with Crippen molar-refractivity contribution in [2.75, 3.05) is 0 Å². The highest BCUT2D eigenvalue weighted by molar-refractivity contribution is 7.13. The van der Waals surface area contributed by atoms with Crippen LogP contribution in [-0.2, 0) is 12.0 Å². The second kappa shape index (κ2) is 8.49. The standard InChI is InChI=1S/C25H25N7OS/c1-14-7-15(21-22-19(28-13-29-21)8-18(32-22)17-10-30-31-11-17)5-6-16(14)9-26-23(33)24-27-12-20(34-24)25(2,3)4/h5-8,10-13,32H,9H2,1-4H3,(H,26,33)(H,30,31). The Morgan fingerprint density at radius 3 is 2.65 bits per heavy atom. The van der Waals surface area contributed by atoms with Gasteiger partial charge in [-0.1, -0.05) is 32.9 Å². The zero-order chi connectivity index (χ0) is 23.9. The molecule has 5 rings (SSSR count). The van der Waals surface area contributed by atoms with Gasteiger partial charge in [-0.25, -0.2) is 15.0 Å². The molecule has 0 fully saturated rings. The Morgan fingerprint density at radius 1 is 1.09 bits per heavy atom. The van der Waals surface area contributed by atoms with E-state index in [-0.39, 0.29) is 11.3 Å². The Hall–Kier alpha value is -3.85. The molecule has 8 nitrogen and oxygen atoms in total. The fraction of sp³-hybridized carbons (Fsp3) is 0.240. The van der Waals surface area contributed by atoms with E-state index < -0.39 is 0 Å². The molecular weight excluding hydrogens is 446 g/mol. The van der Waals surface area contributed by atoms with Crippen molar-refractivity contribution in [1.29, 1.82) is 0 Å². The molecule has 1 aromatic carbocycles. The molecule has 0 atom stereocenters. The van der Waals surface area contributed by atoms with E-state index in [1.54, 1.807) is 18.7 Å². The third kappa shape index (κ3) is 4.22. The highest BCUT2D eigenvalue weighted by atomic mass is 32.1. The van der Waals surface area contributed by atoms with Crippen molar-refractivity contribution in [2.45, 2.75) is 39.7 Å². The smallest absolute Gasteiger partial charge is 0.280 e. The largest absolute Gasteiger partial charge is 0.351 e. The molecule has 0 radical (unpaired) electrons. The molecule has 1 amide bonds. The van der Waals surface area contributed by atoms with Gasteiger partial charge >= 0.3 is 0 Å². The number of aromatic nitrogens is 6. The summed E-state index contributed by atoms with van der Waals surface area (Å²) in [6.45, 7) is 8.82.